The predicted molar refractivity (Wildman–Crippen MR) is 59.0 cm³/mol. The second-order valence-electron chi connectivity index (χ2n) is 5.09. The lowest BCUT2D eigenvalue weighted by molar-refractivity contribution is -0.875. The molecular weight excluding hydrogens is 262 g/mol. The van der Waals surface area contributed by atoms with Gasteiger partial charge in [0, 0.05) is 19.0 Å². The van der Waals surface area contributed by atoms with E-state index in [1.54, 1.807) is 28.1 Å². The van der Waals surface area contributed by atoms with E-state index in [2.05, 4.69) is 0 Å². The summed E-state index contributed by atoms with van der Waals surface area (Å²) in [6.45, 7) is 1.75. The zero-order valence-electron chi connectivity index (χ0n) is 11.2. The minimum absolute atomic E-state index is 0. The van der Waals surface area contributed by atoms with Crippen molar-refractivity contribution in [2.75, 3.05) is 40.9 Å². The summed E-state index contributed by atoms with van der Waals surface area (Å²) >= 11 is 0. The Morgan fingerprint density at radius 1 is 1.33 bits per heavy atom. The van der Waals surface area contributed by atoms with Crippen molar-refractivity contribution < 1.29 is 41.4 Å². The number of ether oxygens (including phenoxy) is 1. The highest BCUT2D eigenvalue weighted by Crippen LogP contribution is 2.15. The van der Waals surface area contributed by atoms with Crippen LogP contribution in [0.2, 0.25) is 0 Å². The molecule has 0 aromatic heterocycles. The van der Waals surface area contributed by atoms with Gasteiger partial charge in [0.05, 0.1) is 21.1 Å². The van der Waals surface area contributed by atoms with Crippen molar-refractivity contribution in [3.05, 3.63) is 0 Å². The van der Waals surface area contributed by atoms with E-state index < -0.39 is 23.8 Å². The number of likely N-dealkylation sites (N-methyl/N-ethyl adjacent to an activating group) is 1. The van der Waals surface area contributed by atoms with E-state index in [1.807, 2.05) is 0 Å². The van der Waals surface area contributed by atoms with Gasteiger partial charge in [-0.2, -0.15) is 0 Å². The number of aliphatic hydroxyl groups is 1. The number of aliphatic carboxylic acids is 1. The number of carboxylic acids is 1. The number of carbonyl (C=O) groups is 2. The zero-order valence-corrected chi connectivity index (χ0v) is 12.0. The van der Waals surface area contributed by atoms with Crippen LogP contribution in [0.1, 0.15) is 13.3 Å². The van der Waals surface area contributed by atoms with E-state index in [4.69, 9.17) is 4.74 Å². The number of carbonyl (C=O) groups excluding carboxylic acids is 2. The number of ketones is 1. The minimum Gasteiger partial charge on any atom is -1.00 e. The molecular formula is C11H21ClNO5-. The molecule has 0 aliphatic carbocycles. The van der Waals surface area contributed by atoms with Gasteiger partial charge in [-0.05, 0) is 6.92 Å². The van der Waals surface area contributed by atoms with Gasteiger partial charge in [0.2, 0.25) is 0 Å². The van der Waals surface area contributed by atoms with Crippen LogP contribution in [0.4, 0.5) is 0 Å². The van der Waals surface area contributed by atoms with Crippen LogP contribution in [0.3, 0.4) is 0 Å². The van der Waals surface area contributed by atoms with Crippen LogP contribution in [0.15, 0.2) is 0 Å². The lowest BCUT2D eigenvalue weighted by atomic mass is 9.93. The molecule has 0 aromatic rings. The molecule has 0 rings (SSSR count). The molecule has 0 aromatic carbocycles. The molecule has 0 saturated heterocycles. The van der Waals surface area contributed by atoms with E-state index in [0.717, 1.165) is 0 Å². The summed E-state index contributed by atoms with van der Waals surface area (Å²) in [6, 6.07) is 0. The number of Topliss-reactive ketones (excluding diaryl/α,β-unsaturated/α-hetero) is 1. The minimum atomic E-state index is -1.94. The van der Waals surface area contributed by atoms with Crippen molar-refractivity contribution in [2.45, 2.75) is 18.9 Å². The lowest BCUT2D eigenvalue weighted by Gasteiger charge is -2.34. The van der Waals surface area contributed by atoms with Crippen molar-refractivity contribution in [3.8, 4) is 0 Å². The Bertz CT molecular complexity index is 290. The quantitative estimate of drug-likeness (QED) is 0.452. The first-order valence-electron chi connectivity index (χ1n) is 5.44. The van der Waals surface area contributed by atoms with Gasteiger partial charge in [0.25, 0.3) is 0 Å². The fourth-order valence-corrected chi connectivity index (χ4v) is 1.60. The monoisotopic (exact) mass is 282 g/mol. The summed E-state index contributed by atoms with van der Waals surface area (Å²) < 4.78 is 5.17. The summed E-state index contributed by atoms with van der Waals surface area (Å²) in [4.78, 5) is 22.4. The van der Waals surface area contributed by atoms with Gasteiger partial charge >= 0.3 is 0 Å². The van der Waals surface area contributed by atoms with E-state index in [1.165, 1.54) is 0 Å². The van der Waals surface area contributed by atoms with Crippen LogP contribution in [-0.2, 0) is 14.3 Å². The molecule has 6 nitrogen and oxygen atoms in total. The van der Waals surface area contributed by atoms with E-state index in [9.17, 15) is 19.8 Å². The predicted octanol–water partition coefficient (Wildman–Crippen LogP) is -4.83. The number of rotatable bonds is 8. The highest BCUT2D eigenvalue weighted by molar-refractivity contribution is 5.91. The number of hydrogen-bond donors (Lipinski definition) is 1. The summed E-state index contributed by atoms with van der Waals surface area (Å²) in [6.07, 6.45) is -0.714. The fraction of sp³-hybridized carbons (Fsp3) is 0.818. The topological polar surface area (TPSA) is 86.7 Å². The first-order valence-corrected chi connectivity index (χ1v) is 5.44. The van der Waals surface area contributed by atoms with Crippen molar-refractivity contribution in [1.82, 2.24) is 0 Å². The Labute approximate surface area is 114 Å². The summed E-state index contributed by atoms with van der Waals surface area (Å²) in [5.41, 5.74) is -1.94. The van der Waals surface area contributed by atoms with Crippen LogP contribution in [0.25, 0.3) is 0 Å². The fourth-order valence-electron chi connectivity index (χ4n) is 1.60. The summed E-state index contributed by atoms with van der Waals surface area (Å²) in [7, 11) is 5.27. The van der Waals surface area contributed by atoms with Crippen molar-refractivity contribution in [2.24, 2.45) is 0 Å². The Morgan fingerprint density at radius 3 is 2.17 bits per heavy atom. The third kappa shape index (κ3) is 7.60. The molecule has 0 aliphatic heterocycles. The molecule has 0 fully saturated rings. The molecule has 0 aliphatic rings. The third-order valence-electron chi connectivity index (χ3n) is 2.13. The standard InChI is InChI=1S/C11H21NO5.ClH/c1-5-17-7-9(13)11(16,6-10(14)15)8-12(2,3)4;/h16H,5-8H2,1-4H3;1H/p-1. The Balaban J connectivity index is 0. The molecule has 1 N–H and O–H groups in total. The van der Waals surface area contributed by atoms with Gasteiger partial charge < -0.3 is 36.6 Å². The lowest BCUT2D eigenvalue weighted by Crippen LogP contribution is -3.00. The maximum absolute atomic E-state index is 11.8. The Morgan fingerprint density at radius 2 is 1.83 bits per heavy atom. The second kappa shape index (κ2) is 7.68. The van der Waals surface area contributed by atoms with E-state index >= 15 is 0 Å². The number of halogens is 1. The number of hydrogen-bond acceptors (Lipinski definition) is 5. The maximum Gasteiger partial charge on any atom is 0.196 e. The molecule has 7 heteroatoms. The van der Waals surface area contributed by atoms with E-state index in [-0.39, 0.29) is 30.0 Å². The molecule has 108 valence electrons. The highest BCUT2D eigenvalue weighted by Gasteiger charge is 2.40. The molecule has 0 radical (unpaired) electrons. The smallest absolute Gasteiger partial charge is 0.196 e. The van der Waals surface area contributed by atoms with Crippen molar-refractivity contribution >= 4 is 11.8 Å². The van der Waals surface area contributed by atoms with Gasteiger partial charge in [-0.1, -0.05) is 0 Å². The van der Waals surface area contributed by atoms with Crippen LogP contribution in [0, 0.1) is 0 Å². The third-order valence-corrected chi connectivity index (χ3v) is 2.13. The molecule has 0 heterocycles. The molecule has 0 amide bonds. The van der Waals surface area contributed by atoms with Crippen LogP contribution in [0.5, 0.6) is 0 Å². The summed E-state index contributed by atoms with van der Waals surface area (Å²) in [5, 5.41) is 20.8. The number of carboxylic acid groups (broad SMARTS) is 1. The zero-order chi connectivity index (χ0) is 13.7. The van der Waals surface area contributed by atoms with Crippen LogP contribution >= 0.6 is 0 Å². The highest BCUT2D eigenvalue weighted by atomic mass is 35.5. The average Bonchev–Trinajstić information content (AvgIpc) is 2.09. The summed E-state index contributed by atoms with van der Waals surface area (Å²) in [5.74, 6) is -2.08. The maximum atomic E-state index is 11.8. The first-order chi connectivity index (χ1) is 7.60. The molecule has 18 heavy (non-hydrogen) atoms. The van der Waals surface area contributed by atoms with Gasteiger partial charge in [0.15, 0.2) is 11.4 Å². The van der Waals surface area contributed by atoms with Crippen LogP contribution < -0.4 is 17.5 Å². The van der Waals surface area contributed by atoms with Crippen LogP contribution in [-0.4, -0.2) is 67.8 Å². The van der Waals surface area contributed by atoms with Crippen molar-refractivity contribution in [1.29, 1.82) is 0 Å². The van der Waals surface area contributed by atoms with Gasteiger partial charge in [-0.25, -0.2) is 0 Å². The Kier molecular flexibility index (Phi) is 8.38. The molecule has 1 atom stereocenters. The Hall–Kier alpha value is -0.690. The molecule has 0 bridgehead atoms. The SMILES string of the molecule is CCOCC(=O)C(O)(CC(=O)[O-])C[N+](C)(C)C.[Cl-]. The molecule has 1 unspecified atom stereocenters. The average molecular weight is 283 g/mol. The van der Waals surface area contributed by atoms with E-state index in [0.29, 0.717) is 6.61 Å². The second-order valence-corrected chi connectivity index (χ2v) is 5.09. The number of nitrogens with zero attached hydrogens (tertiary/aromatic N) is 1. The van der Waals surface area contributed by atoms with Gasteiger partial charge in [-0.15, -0.1) is 0 Å². The first kappa shape index (κ1) is 19.6. The number of quaternary nitrogens is 1. The normalized spacial score (nSPS) is 14.5. The molecule has 0 spiro atoms. The molecule has 0 saturated carbocycles. The van der Waals surface area contributed by atoms with Gasteiger partial charge in [0.1, 0.15) is 13.2 Å². The largest absolute Gasteiger partial charge is 1.00 e. The van der Waals surface area contributed by atoms with Gasteiger partial charge in [-0.3, -0.25) is 4.79 Å². The van der Waals surface area contributed by atoms with Crippen molar-refractivity contribution in [3.63, 3.8) is 0 Å².